The van der Waals surface area contributed by atoms with Crippen molar-refractivity contribution in [2.75, 3.05) is 26.3 Å². The number of ether oxygens (including phenoxy) is 1. The number of carbonyl (C=O) groups excluding carboxylic acids is 1. The van der Waals surface area contributed by atoms with Crippen molar-refractivity contribution < 1.29 is 26.7 Å². The lowest BCUT2D eigenvalue weighted by atomic mass is 10.1. The Morgan fingerprint density at radius 1 is 1.21 bits per heavy atom. The number of nitrogens with zero attached hydrogens (tertiary/aromatic N) is 1. The largest absolute Gasteiger partial charge is 0.379 e. The Morgan fingerprint density at radius 2 is 1.93 bits per heavy atom. The van der Waals surface area contributed by atoms with Crippen molar-refractivity contribution in [2.45, 2.75) is 23.7 Å². The fourth-order valence-corrected chi connectivity index (χ4v) is 5.64. The van der Waals surface area contributed by atoms with Gasteiger partial charge in [-0.3, -0.25) is 0 Å². The Hall–Kier alpha value is -2.08. The minimum absolute atomic E-state index is 0.139. The third-order valence-electron chi connectivity index (χ3n) is 4.42. The molecule has 2 N–H and O–H groups in total. The van der Waals surface area contributed by atoms with E-state index in [0.29, 0.717) is 36.7 Å². The molecular formula is C18H21F2N3O4S2. The van der Waals surface area contributed by atoms with Crippen molar-refractivity contribution in [1.82, 2.24) is 14.9 Å². The number of rotatable bonds is 6. The van der Waals surface area contributed by atoms with Crippen LogP contribution in [0.5, 0.6) is 0 Å². The summed E-state index contributed by atoms with van der Waals surface area (Å²) in [5.41, 5.74) is 0.425. The standard InChI is InChI=1S/C18H21F2N3O4S2/c1-12(13-2-4-15(19)16(20)10-13)22-18(24)21-11-14-3-5-17(28-14)29(25,26)23-6-8-27-9-7-23/h2-5,10,12H,6-9,11H2,1H3,(H2,21,22,24). The maximum absolute atomic E-state index is 13.3. The van der Waals surface area contributed by atoms with Crippen LogP contribution < -0.4 is 10.6 Å². The highest BCUT2D eigenvalue weighted by Gasteiger charge is 2.27. The lowest BCUT2D eigenvalue weighted by Gasteiger charge is -2.25. The molecule has 1 aliphatic heterocycles. The van der Waals surface area contributed by atoms with Crippen LogP contribution in [0.25, 0.3) is 0 Å². The van der Waals surface area contributed by atoms with Crippen LogP contribution >= 0.6 is 11.3 Å². The van der Waals surface area contributed by atoms with Gasteiger partial charge in [-0.1, -0.05) is 6.07 Å². The Morgan fingerprint density at radius 3 is 2.62 bits per heavy atom. The van der Waals surface area contributed by atoms with Crippen molar-refractivity contribution in [3.05, 3.63) is 52.4 Å². The summed E-state index contributed by atoms with van der Waals surface area (Å²) in [6.07, 6.45) is 0. The fourth-order valence-electron chi connectivity index (χ4n) is 2.79. The molecule has 11 heteroatoms. The van der Waals surface area contributed by atoms with Crippen molar-refractivity contribution in [2.24, 2.45) is 0 Å². The number of halogens is 2. The van der Waals surface area contributed by atoms with Crippen LogP contribution in [0.1, 0.15) is 23.4 Å². The number of hydrogen-bond acceptors (Lipinski definition) is 5. The molecule has 0 spiro atoms. The van der Waals surface area contributed by atoms with Gasteiger partial charge in [0, 0.05) is 18.0 Å². The molecule has 2 heterocycles. The first kappa shape index (κ1) is 21.6. The number of sulfonamides is 1. The van der Waals surface area contributed by atoms with E-state index in [1.807, 2.05) is 0 Å². The van der Waals surface area contributed by atoms with Gasteiger partial charge in [0.15, 0.2) is 11.6 Å². The molecule has 158 valence electrons. The highest BCUT2D eigenvalue weighted by Crippen LogP contribution is 2.25. The molecule has 7 nitrogen and oxygen atoms in total. The number of urea groups is 1. The summed E-state index contributed by atoms with van der Waals surface area (Å²) in [6, 6.07) is 5.56. The third-order valence-corrected chi connectivity index (χ3v) is 7.87. The fraction of sp³-hybridized carbons (Fsp3) is 0.389. The molecule has 3 rings (SSSR count). The first-order chi connectivity index (χ1) is 13.8. The third kappa shape index (κ3) is 5.30. The molecule has 1 aromatic heterocycles. The van der Waals surface area contributed by atoms with E-state index in [1.165, 1.54) is 16.4 Å². The Kier molecular flexibility index (Phi) is 6.83. The van der Waals surface area contributed by atoms with Crippen LogP contribution in [-0.4, -0.2) is 45.1 Å². The van der Waals surface area contributed by atoms with E-state index < -0.39 is 33.7 Å². The van der Waals surface area contributed by atoms with E-state index in [0.717, 1.165) is 23.5 Å². The van der Waals surface area contributed by atoms with E-state index in [9.17, 15) is 22.0 Å². The molecular weight excluding hydrogens is 424 g/mol. The summed E-state index contributed by atoms with van der Waals surface area (Å²) < 4.78 is 58.3. The minimum atomic E-state index is -3.57. The van der Waals surface area contributed by atoms with Gasteiger partial charge in [0.1, 0.15) is 4.21 Å². The Labute approximate surface area is 171 Å². The van der Waals surface area contributed by atoms with Gasteiger partial charge in [-0.25, -0.2) is 22.0 Å². The van der Waals surface area contributed by atoms with Crippen LogP contribution in [0.3, 0.4) is 0 Å². The van der Waals surface area contributed by atoms with E-state index >= 15 is 0 Å². The number of carbonyl (C=O) groups is 1. The molecule has 0 bridgehead atoms. The molecule has 2 amide bonds. The lowest BCUT2D eigenvalue weighted by molar-refractivity contribution is 0.0731. The summed E-state index contributed by atoms with van der Waals surface area (Å²) in [5, 5.41) is 5.26. The average Bonchev–Trinajstić information content (AvgIpc) is 3.19. The number of hydrogen-bond donors (Lipinski definition) is 2. The highest BCUT2D eigenvalue weighted by atomic mass is 32.2. The summed E-state index contributed by atoms with van der Waals surface area (Å²) in [7, 11) is -3.57. The van der Waals surface area contributed by atoms with E-state index in [2.05, 4.69) is 10.6 Å². The molecule has 1 aliphatic rings. The van der Waals surface area contributed by atoms with Crippen LogP contribution in [0.15, 0.2) is 34.5 Å². The summed E-state index contributed by atoms with van der Waals surface area (Å²) in [4.78, 5) is 12.8. The van der Waals surface area contributed by atoms with Crippen molar-refractivity contribution >= 4 is 27.4 Å². The van der Waals surface area contributed by atoms with Gasteiger partial charge >= 0.3 is 6.03 Å². The monoisotopic (exact) mass is 445 g/mol. The Balaban J connectivity index is 1.55. The topological polar surface area (TPSA) is 87.7 Å². The van der Waals surface area contributed by atoms with Gasteiger partial charge in [-0.15, -0.1) is 11.3 Å². The molecule has 29 heavy (non-hydrogen) atoms. The van der Waals surface area contributed by atoms with Gasteiger partial charge in [0.05, 0.1) is 25.8 Å². The maximum atomic E-state index is 13.3. The number of amides is 2. The molecule has 2 aromatic rings. The number of thiophene rings is 1. The van der Waals surface area contributed by atoms with Crippen molar-refractivity contribution in [3.8, 4) is 0 Å². The first-order valence-electron chi connectivity index (χ1n) is 8.93. The second-order valence-electron chi connectivity index (χ2n) is 6.46. The van der Waals surface area contributed by atoms with Gasteiger partial charge < -0.3 is 15.4 Å². The predicted molar refractivity (Wildman–Crippen MR) is 104 cm³/mol. The van der Waals surface area contributed by atoms with E-state index in [4.69, 9.17) is 4.74 Å². The number of nitrogens with one attached hydrogen (secondary N) is 2. The van der Waals surface area contributed by atoms with Crippen LogP contribution in [0.2, 0.25) is 0 Å². The zero-order chi connectivity index (χ0) is 21.0. The number of benzene rings is 1. The second kappa shape index (κ2) is 9.16. The molecule has 0 saturated carbocycles. The van der Waals surface area contributed by atoms with Crippen molar-refractivity contribution in [1.29, 1.82) is 0 Å². The molecule has 1 saturated heterocycles. The SMILES string of the molecule is CC(NC(=O)NCc1ccc(S(=O)(=O)N2CCOCC2)s1)c1ccc(F)c(F)c1. The molecule has 0 radical (unpaired) electrons. The van der Waals surface area contributed by atoms with Gasteiger partial charge in [0.2, 0.25) is 0 Å². The summed E-state index contributed by atoms with van der Waals surface area (Å²) in [6.45, 7) is 3.16. The second-order valence-corrected chi connectivity index (χ2v) is 9.79. The lowest BCUT2D eigenvalue weighted by Crippen LogP contribution is -2.40. The molecule has 1 atom stereocenters. The molecule has 1 fully saturated rings. The van der Waals surface area contributed by atoms with E-state index in [1.54, 1.807) is 13.0 Å². The molecule has 1 aromatic carbocycles. The minimum Gasteiger partial charge on any atom is -0.379 e. The highest BCUT2D eigenvalue weighted by molar-refractivity contribution is 7.91. The smallest absolute Gasteiger partial charge is 0.315 e. The zero-order valence-electron chi connectivity index (χ0n) is 15.7. The van der Waals surface area contributed by atoms with Gasteiger partial charge in [-0.05, 0) is 36.8 Å². The maximum Gasteiger partial charge on any atom is 0.315 e. The van der Waals surface area contributed by atoms with Crippen LogP contribution in [-0.2, 0) is 21.3 Å². The normalized spacial score (nSPS) is 16.4. The molecule has 0 aliphatic carbocycles. The average molecular weight is 446 g/mol. The van der Waals surface area contributed by atoms with Crippen molar-refractivity contribution in [3.63, 3.8) is 0 Å². The van der Waals surface area contributed by atoms with E-state index in [-0.39, 0.29) is 10.8 Å². The zero-order valence-corrected chi connectivity index (χ0v) is 17.3. The van der Waals surface area contributed by atoms with Crippen LogP contribution in [0, 0.1) is 11.6 Å². The quantitative estimate of drug-likeness (QED) is 0.716. The first-order valence-corrected chi connectivity index (χ1v) is 11.2. The van der Waals surface area contributed by atoms with Gasteiger partial charge in [0.25, 0.3) is 10.0 Å². The molecule has 1 unspecified atom stereocenters. The number of morpholine rings is 1. The Bertz CT molecular complexity index is 975. The van der Waals surface area contributed by atoms with Gasteiger partial charge in [-0.2, -0.15) is 4.31 Å². The predicted octanol–water partition coefficient (Wildman–Crippen LogP) is 2.61. The van der Waals surface area contributed by atoms with Crippen LogP contribution in [0.4, 0.5) is 13.6 Å². The summed E-state index contributed by atoms with van der Waals surface area (Å²) in [5.74, 6) is -1.94. The summed E-state index contributed by atoms with van der Waals surface area (Å²) >= 11 is 1.09.